The van der Waals surface area contributed by atoms with Crippen LogP contribution in [0.3, 0.4) is 0 Å². The van der Waals surface area contributed by atoms with Crippen molar-refractivity contribution in [1.82, 2.24) is 13.9 Å². The van der Waals surface area contributed by atoms with Gasteiger partial charge < -0.3 is 9.73 Å². The number of furan rings is 1. The van der Waals surface area contributed by atoms with Crippen molar-refractivity contribution < 1.29 is 17.6 Å². The summed E-state index contributed by atoms with van der Waals surface area (Å²) in [5.41, 5.74) is 0. The molecule has 0 spiro atoms. The monoisotopic (exact) mass is 315 g/mol. The maximum atomic E-state index is 12.1. The van der Waals surface area contributed by atoms with Gasteiger partial charge in [-0.2, -0.15) is 17.0 Å². The highest BCUT2D eigenvalue weighted by molar-refractivity contribution is 7.86. The molecule has 0 saturated carbocycles. The summed E-state index contributed by atoms with van der Waals surface area (Å²) in [6, 6.07) is 3.54. The summed E-state index contributed by atoms with van der Waals surface area (Å²) in [7, 11) is -0.464. The molecule has 1 atom stereocenters. The fourth-order valence-corrected chi connectivity index (χ4v) is 3.52. The van der Waals surface area contributed by atoms with Gasteiger partial charge in [-0.15, -0.1) is 0 Å². The average Bonchev–Trinajstić information content (AvgIpc) is 2.98. The summed E-state index contributed by atoms with van der Waals surface area (Å²) in [5, 5.41) is 2.79. The second-order valence-electron chi connectivity index (χ2n) is 5.28. The fourth-order valence-electron chi connectivity index (χ4n) is 2.33. The van der Waals surface area contributed by atoms with Crippen LogP contribution in [0.4, 0.5) is 0 Å². The maximum absolute atomic E-state index is 12.1. The van der Waals surface area contributed by atoms with Crippen LogP contribution in [0, 0.1) is 5.92 Å². The molecule has 1 aliphatic rings. The van der Waals surface area contributed by atoms with Crippen molar-refractivity contribution in [3.05, 3.63) is 24.2 Å². The number of hydrogen-bond acceptors (Lipinski definition) is 4. The van der Waals surface area contributed by atoms with Crippen molar-refractivity contribution in [1.29, 1.82) is 0 Å². The molecule has 1 N–H and O–H groups in total. The van der Waals surface area contributed by atoms with Crippen LogP contribution in [0.2, 0.25) is 0 Å². The van der Waals surface area contributed by atoms with Crippen molar-refractivity contribution in [3.63, 3.8) is 0 Å². The standard InChI is InChI=1S/C13H21N3O4S/c1-15(2)21(18,19)16-7-3-5-11(10-16)13(17)14-9-12-6-4-8-20-12/h4,6,8,11H,3,5,7,9-10H2,1-2H3,(H,14,17)/t11-/m0/s1. The molecule has 1 fully saturated rings. The van der Waals surface area contributed by atoms with Gasteiger partial charge in [0.1, 0.15) is 5.76 Å². The number of nitrogens with one attached hydrogen (secondary N) is 1. The molecular weight excluding hydrogens is 294 g/mol. The minimum absolute atomic E-state index is 0.134. The van der Waals surface area contributed by atoms with Crippen LogP contribution in [0.25, 0.3) is 0 Å². The molecule has 0 aliphatic carbocycles. The predicted molar refractivity (Wildman–Crippen MR) is 77.5 cm³/mol. The number of rotatable bonds is 5. The average molecular weight is 315 g/mol. The van der Waals surface area contributed by atoms with Gasteiger partial charge in [-0.05, 0) is 25.0 Å². The minimum Gasteiger partial charge on any atom is -0.467 e. The van der Waals surface area contributed by atoms with Gasteiger partial charge in [0, 0.05) is 27.2 Å². The molecule has 7 nitrogen and oxygen atoms in total. The topological polar surface area (TPSA) is 82.9 Å². The van der Waals surface area contributed by atoms with Crippen molar-refractivity contribution in [3.8, 4) is 0 Å². The zero-order valence-corrected chi connectivity index (χ0v) is 13.1. The van der Waals surface area contributed by atoms with Gasteiger partial charge in [0.25, 0.3) is 10.2 Å². The smallest absolute Gasteiger partial charge is 0.281 e. The van der Waals surface area contributed by atoms with Gasteiger partial charge in [-0.1, -0.05) is 0 Å². The van der Waals surface area contributed by atoms with Crippen molar-refractivity contribution in [2.75, 3.05) is 27.2 Å². The van der Waals surface area contributed by atoms with Crippen LogP contribution in [0.1, 0.15) is 18.6 Å². The van der Waals surface area contributed by atoms with Gasteiger partial charge in [0.05, 0.1) is 18.7 Å². The van der Waals surface area contributed by atoms with Crippen molar-refractivity contribution in [2.24, 2.45) is 5.92 Å². The second kappa shape index (κ2) is 6.59. The highest BCUT2D eigenvalue weighted by Crippen LogP contribution is 2.20. The highest BCUT2D eigenvalue weighted by atomic mass is 32.2. The third-order valence-electron chi connectivity index (χ3n) is 3.56. The van der Waals surface area contributed by atoms with Crippen molar-refractivity contribution in [2.45, 2.75) is 19.4 Å². The first-order chi connectivity index (χ1) is 9.91. The third-order valence-corrected chi connectivity index (χ3v) is 5.47. The zero-order valence-electron chi connectivity index (χ0n) is 12.3. The molecule has 1 aromatic rings. The van der Waals surface area contributed by atoms with Gasteiger partial charge >= 0.3 is 0 Å². The van der Waals surface area contributed by atoms with Crippen molar-refractivity contribution >= 4 is 16.1 Å². The Morgan fingerprint density at radius 2 is 2.29 bits per heavy atom. The molecule has 2 rings (SSSR count). The van der Waals surface area contributed by atoms with E-state index in [4.69, 9.17) is 4.42 Å². The number of carbonyl (C=O) groups excluding carboxylic acids is 1. The Kier molecular flexibility index (Phi) is 5.02. The minimum atomic E-state index is -3.46. The molecule has 0 bridgehead atoms. The molecule has 0 radical (unpaired) electrons. The maximum Gasteiger partial charge on any atom is 0.281 e. The third kappa shape index (κ3) is 3.84. The van der Waals surface area contributed by atoms with E-state index < -0.39 is 10.2 Å². The Hall–Kier alpha value is -1.38. The molecule has 1 aromatic heterocycles. The van der Waals surface area contributed by atoms with Crippen LogP contribution in [0.5, 0.6) is 0 Å². The second-order valence-corrected chi connectivity index (χ2v) is 7.43. The summed E-state index contributed by atoms with van der Waals surface area (Å²) in [6.45, 7) is 1.01. The molecule has 1 saturated heterocycles. The Balaban J connectivity index is 1.93. The first-order valence-corrected chi connectivity index (χ1v) is 8.28. The molecule has 0 aromatic carbocycles. The molecule has 118 valence electrons. The van der Waals surface area contributed by atoms with E-state index in [1.54, 1.807) is 18.4 Å². The van der Waals surface area contributed by atoms with Gasteiger partial charge in [0.2, 0.25) is 5.91 Å². The van der Waals surface area contributed by atoms with E-state index in [-0.39, 0.29) is 18.4 Å². The quantitative estimate of drug-likeness (QED) is 0.853. The lowest BCUT2D eigenvalue weighted by Gasteiger charge is -2.32. The summed E-state index contributed by atoms with van der Waals surface area (Å²) in [4.78, 5) is 12.1. The van der Waals surface area contributed by atoms with Crippen LogP contribution in [-0.2, 0) is 21.5 Å². The summed E-state index contributed by atoms with van der Waals surface area (Å²) < 4.78 is 31.9. The van der Waals surface area contributed by atoms with Crippen LogP contribution < -0.4 is 5.32 Å². The van der Waals surface area contributed by atoms with E-state index in [1.165, 1.54) is 22.7 Å². The Morgan fingerprint density at radius 1 is 1.52 bits per heavy atom. The largest absolute Gasteiger partial charge is 0.467 e. The van der Waals surface area contributed by atoms with Gasteiger partial charge in [-0.25, -0.2) is 0 Å². The molecule has 21 heavy (non-hydrogen) atoms. The summed E-state index contributed by atoms with van der Waals surface area (Å²) in [6.07, 6.45) is 2.93. The number of amides is 1. The lowest BCUT2D eigenvalue weighted by atomic mass is 9.99. The van der Waals surface area contributed by atoms with E-state index in [1.807, 2.05) is 0 Å². The van der Waals surface area contributed by atoms with E-state index in [0.29, 0.717) is 31.7 Å². The van der Waals surface area contributed by atoms with E-state index in [9.17, 15) is 13.2 Å². The lowest BCUT2D eigenvalue weighted by Crippen LogP contribution is -2.48. The molecular formula is C13H21N3O4S. The molecule has 0 unspecified atom stereocenters. The van der Waals surface area contributed by atoms with E-state index >= 15 is 0 Å². The first-order valence-electron chi connectivity index (χ1n) is 6.89. The normalized spacial score (nSPS) is 20.6. The van der Waals surface area contributed by atoms with Crippen LogP contribution >= 0.6 is 0 Å². The molecule has 2 heterocycles. The number of carbonyl (C=O) groups is 1. The molecule has 8 heteroatoms. The Labute approximate surface area is 125 Å². The fraction of sp³-hybridized carbons (Fsp3) is 0.615. The van der Waals surface area contributed by atoms with Crippen LogP contribution in [0.15, 0.2) is 22.8 Å². The first kappa shape index (κ1) is 16.0. The highest BCUT2D eigenvalue weighted by Gasteiger charge is 2.33. The number of piperidine rings is 1. The lowest BCUT2D eigenvalue weighted by molar-refractivity contribution is -0.126. The summed E-state index contributed by atoms with van der Waals surface area (Å²) in [5.74, 6) is 0.227. The Bertz CT molecular complexity index is 568. The van der Waals surface area contributed by atoms with Gasteiger partial charge in [-0.3, -0.25) is 4.79 Å². The summed E-state index contributed by atoms with van der Waals surface area (Å²) >= 11 is 0. The molecule has 1 amide bonds. The number of nitrogens with zero attached hydrogens (tertiary/aromatic N) is 2. The van der Waals surface area contributed by atoms with Gasteiger partial charge in [0.15, 0.2) is 0 Å². The SMILES string of the molecule is CN(C)S(=O)(=O)N1CCC[C@H](C(=O)NCc2ccco2)C1. The number of hydrogen-bond donors (Lipinski definition) is 1. The predicted octanol–water partition coefficient (Wildman–Crippen LogP) is 0.414. The van der Waals surface area contributed by atoms with Crippen LogP contribution in [-0.4, -0.2) is 50.1 Å². The van der Waals surface area contributed by atoms with E-state index in [2.05, 4.69) is 5.32 Å². The molecule has 1 aliphatic heterocycles. The van der Waals surface area contributed by atoms with E-state index in [0.717, 1.165) is 0 Å². The zero-order chi connectivity index (χ0) is 15.5. The Morgan fingerprint density at radius 3 is 2.90 bits per heavy atom.